The molecule has 4 aromatic rings. The number of nitrogens with one attached hydrogen (secondary N) is 2. The van der Waals surface area contributed by atoms with Gasteiger partial charge in [0.1, 0.15) is 17.3 Å². The van der Waals surface area contributed by atoms with E-state index in [0.29, 0.717) is 5.52 Å². The Bertz CT molecular complexity index is 1180. The Labute approximate surface area is 171 Å². The van der Waals surface area contributed by atoms with E-state index in [1.807, 2.05) is 36.5 Å². The van der Waals surface area contributed by atoms with Crippen molar-refractivity contribution in [3.63, 3.8) is 0 Å². The SMILES string of the molecule is Cc1cc[nH+]c(N[C@H](c2ccc3cccnc3c2O)c2c(C)cc(C)cc2C)c1. The second kappa shape index (κ2) is 7.55. The predicted molar refractivity (Wildman–Crippen MR) is 117 cm³/mol. The molecule has 0 fully saturated rings. The monoisotopic (exact) mass is 384 g/mol. The summed E-state index contributed by atoms with van der Waals surface area (Å²) in [6.45, 7) is 8.42. The van der Waals surface area contributed by atoms with Gasteiger partial charge in [0.25, 0.3) is 5.82 Å². The lowest BCUT2D eigenvalue weighted by Crippen LogP contribution is -2.21. The molecule has 2 heterocycles. The number of phenolic OH excluding ortho intramolecular Hbond substituents is 1. The van der Waals surface area contributed by atoms with Crippen LogP contribution in [0, 0.1) is 27.7 Å². The summed E-state index contributed by atoms with van der Waals surface area (Å²) in [5.41, 5.74) is 7.35. The maximum absolute atomic E-state index is 11.1. The standard InChI is InChI=1S/C25H25N3O/c1-15-9-11-26-21(14-15)28-24(22-17(3)12-16(2)13-18(22)4)20-8-7-19-6-5-10-27-23(19)25(20)29/h5-14,24,29H,1-4H3,(H,26,28)/p+1/t24-/m1/s1. The average molecular weight is 385 g/mol. The number of phenols is 1. The largest absolute Gasteiger partial charge is 0.505 e. The first kappa shape index (κ1) is 18.9. The number of rotatable bonds is 4. The Morgan fingerprint density at radius 1 is 0.931 bits per heavy atom. The van der Waals surface area contributed by atoms with Crippen LogP contribution >= 0.6 is 0 Å². The van der Waals surface area contributed by atoms with E-state index in [4.69, 9.17) is 0 Å². The Hall–Kier alpha value is -3.40. The molecule has 0 saturated heterocycles. The lowest BCUT2D eigenvalue weighted by atomic mass is 9.89. The summed E-state index contributed by atoms with van der Waals surface area (Å²) in [7, 11) is 0. The fraction of sp³-hybridized carbons (Fsp3) is 0.200. The zero-order chi connectivity index (χ0) is 20.5. The third-order valence-electron chi connectivity index (χ3n) is 5.37. The number of fused-ring (bicyclic) bond motifs is 1. The predicted octanol–water partition coefficient (Wildman–Crippen LogP) is 5.19. The normalized spacial score (nSPS) is 12.1. The van der Waals surface area contributed by atoms with Crippen molar-refractivity contribution in [1.82, 2.24) is 4.98 Å². The number of aromatic hydroxyl groups is 1. The number of anilines is 1. The van der Waals surface area contributed by atoms with E-state index in [-0.39, 0.29) is 11.8 Å². The van der Waals surface area contributed by atoms with E-state index < -0.39 is 0 Å². The summed E-state index contributed by atoms with van der Waals surface area (Å²) in [4.78, 5) is 7.69. The van der Waals surface area contributed by atoms with Gasteiger partial charge >= 0.3 is 0 Å². The zero-order valence-corrected chi connectivity index (χ0v) is 17.2. The van der Waals surface area contributed by atoms with Gasteiger partial charge in [-0.3, -0.25) is 10.3 Å². The Kier molecular flexibility index (Phi) is 4.93. The van der Waals surface area contributed by atoms with Crippen molar-refractivity contribution in [2.24, 2.45) is 0 Å². The topological polar surface area (TPSA) is 59.3 Å². The highest BCUT2D eigenvalue weighted by atomic mass is 16.3. The molecule has 146 valence electrons. The fourth-order valence-electron chi connectivity index (χ4n) is 4.15. The van der Waals surface area contributed by atoms with Crippen LogP contribution in [0.5, 0.6) is 5.75 Å². The molecule has 29 heavy (non-hydrogen) atoms. The highest BCUT2D eigenvalue weighted by molar-refractivity contribution is 5.86. The van der Waals surface area contributed by atoms with Crippen molar-refractivity contribution in [3.8, 4) is 5.75 Å². The van der Waals surface area contributed by atoms with Crippen molar-refractivity contribution in [2.75, 3.05) is 5.32 Å². The van der Waals surface area contributed by atoms with Gasteiger partial charge in [-0.05, 0) is 62.6 Å². The van der Waals surface area contributed by atoms with Crippen LogP contribution in [0.25, 0.3) is 10.9 Å². The number of H-pyrrole nitrogens is 1. The molecule has 4 heteroatoms. The third-order valence-corrected chi connectivity index (χ3v) is 5.37. The molecule has 3 N–H and O–H groups in total. The quantitative estimate of drug-likeness (QED) is 0.509. The van der Waals surface area contributed by atoms with E-state index in [1.165, 1.54) is 16.7 Å². The second-order valence-corrected chi connectivity index (χ2v) is 7.75. The molecule has 0 spiro atoms. The first-order valence-corrected chi connectivity index (χ1v) is 9.83. The number of nitrogens with zero attached hydrogens (tertiary/aromatic N) is 1. The van der Waals surface area contributed by atoms with Gasteiger partial charge < -0.3 is 5.11 Å². The number of aromatic amines is 1. The molecular formula is C25H26N3O+. The number of pyridine rings is 2. The van der Waals surface area contributed by atoms with Crippen molar-refractivity contribution in [1.29, 1.82) is 0 Å². The molecule has 0 aliphatic heterocycles. The maximum atomic E-state index is 11.1. The molecule has 0 unspecified atom stereocenters. The molecule has 0 amide bonds. The van der Waals surface area contributed by atoms with Crippen LogP contribution in [-0.2, 0) is 0 Å². The van der Waals surface area contributed by atoms with Crippen LogP contribution in [-0.4, -0.2) is 10.1 Å². The minimum atomic E-state index is -0.222. The summed E-state index contributed by atoms with van der Waals surface area (Å²) in [6, 6.07) is 16.1. The van der Waals surface area contributed by atoms with Gasteiger partial charge in [0, 0.05) is 28.8 Å². The van der Waals surface area contributed by atoms with Crippen LogP contribution in [0.15, 0.2) is 60.9 Å². The van der Waals surface area contributed by atoms with Crippen LogP contribution in [0.3, 0.4) is 0 Å². The number of hydrogen-bond acceptors (Lipinski definition) is 3. The van der Waals surface area contributed by atoms with Gasteiger partial charge in [0.15, 0.2) is 0 Å². The molecule has 2 aromatic heterocycles. The van der Waals surface area contributed by atoms with Gasteiger partial charge in [0.2, 0.25) is 0 Å². The van der Waals surface area contributed by atoms with Gasteiger partial charge in [-0.15, -0.1) is 0 Å². The Morgan fingerprint density at radius 2 is 1.69 bits per heavy atom. The lowest BCUT2D eigenvalue weighted by Gasteiger charge is -2.22. The first-order valence-electron chi connectivity index (χ1n) is 9.83. The summed E-state index contributed by atoms with van der Waals surface area (Å²) in [6.07, 6.45) is 3.64. The Morgan fingerprint density at radius 3 is 2.41 bits per heavy atom. The molecule has 0 saturated carbocycles. The number of aromatic nitrogens is 2. The second-order valence-electron chi connectivity index (χ2n) is 7.75. The number of aryl methyl sites for hydroxylation is 4. The number of benzene rings is 2. The average Bonchev–Trinajstić information content (AvgIpc) is 2.67. The molecule has 2 aromatic carbocycles. The lowest BCUT2D eigenvalue weighted by molar-refractivity contribution is -0.361. The highest BCUT2D eigenvalue weighted by Gasteiger charge is 2.27. The Balaban J connectivity index is 1.93. The fourth-order valence-corrected chi connectivity index (χ4v) is 4.15. The van der Waals surface area contributed by atoms with Crippen molar-refractivity contribution in [2.45, 2.75) is 33.7 Å². The molecule has 4 rings (SSSR count). The van der Waals surface area contributed by atoms with Crippen molar-refractivity contribution >= 4 is 16.7 Å². The minimum absolute atomic E-state index is 0.215. The zero-order valence-electron chi connectivity index (χ0n) is 17.2. The van der Waals surface area contributed by atoms with Crippen LogP contribution in [0.1, 0.15) is 39.4 Å². The maximum Gasteiger partial charge on any atom is 0.273 e. The van der Waals surface area contributed by atoms with E-state index >= 15 is 0 Å². The highest BCUT2D eigenvalue weighted by Crippen LogP contribution is 2.38. The van der Waals surface area contributed by atoms with E-state index in [1.54, 1.807) is 6.20 Å². The van der Waals surface area contributed by atoms with Crippen LogP contribution < -0.4 is 10.3 Å². The summed E-state index contributed by atoms with van der Waals surface area (Å²) < 4.78 is 0. The van der Waals surface area contributed by atoms with Crippen LogP contribution in [0.4, 0.5) is 5.82 Å². The molecule has 0 aliphatic carbocycles. The number of hydrogen-bond donors (Lipinski definition) is 2. The summed E-state index contributed by atoms with van der Waals surface area (Å²) in [5.74, 6) is 1.11. The van der Waals surface area contributed by atoms with Gasteiger partial charge in [-0.2, -0.15) is 0 Å². The first-order chi connectivity index (χ1) is 13.9. The van der Waals surface area contributed by atoms with Gasteiger partial charge in [-0.1, -0.05) is 29.8 Å². The van der Waals surface area contributed by atoms with Gasteiger partial charge in [0.05, 0.1) is 6.20 Å². The van der Waals surface area contributed by atoms with E-state index in [0.717, 1.165) is 27.9 Å². The molecule has 0 aliphatic rings. The van der Waals surface area contributed by atoms with Crippen LogP contribution in [0.2, 0.25) is 0 Å². The van der Waals surface area contributed by atoms with Crippen molar-refractivity contribution < 1.29 is 10.1 Å². The summed E-state index contributed by atoms with van der Waals surface area (Å²) >= 11 is 0. The van der Waals surface area contributed by atoms with Gasteiger partial charge in [-0.25, -0.2) is 4.98 Å². The molecule has 4 nitrogen and oxygen atoms in total. The molecule has 1 atom stereocenters. The van der Waals surface area contributed by atoms with E-state index in [2.05, 4.69) is 61.2 Å². The molecule has 0 radical (unpaired) electrons. The van der Waals surface area contributed by atoms with Crippen molar-refractivity contribution in [3.05, 3.63) is 94.3 Å². The third kappa shape index (κ3) is 3.66. The molecule has 0 bridgehead atoms. The van der Waals surface area contributed by atoms with E-state index in [9.17, 15) is 5.11 Å². The minimum Gasteiger partial charge on any atom is -0.505 e. The smallest absolute Gasteiger partial charge is 0.273 e. The summed E-state index contributed by atoms with van der Waals surface area (Å²) in [5, 5.41) is 15.7. The molecular weight excluding hydrogens is 358 g/mol.